The van der Waals surface area contributed by atoms with Gasteiger partial charge in [-0.1, -0.05) is 13.8 Å². The number of rotatable bonds is 5. The number of nitrogens with one attached hydrogen (secondary N) is 1. The van der Waals surface area contributed by atoms with Crippen LogP contribution in [0.25, 0.3) is 0 Å². The number of ether oxygens (including phenoxy) is 1. The average Bonchev–Trinajstić information content (AvgIpc) is 2.40. The third-order valence-corrected chi connectivity index (χ3v) is 4.61. The van der Waals surface area contributed by atoms with Crippen molar-refractivity contribution in [3.63, 3.8) is 0 Å². The van der Waals surface area contributed by atoms with Gasteiger partial charge >= 0.3 is 0 Å². The van der Waals surface area contributed by atoms with E-state index in [-0.39, 0.29) is 22.1 Å². The van der Waals surface area contributed by atoms with Crippen molar-refractivity contribution < 1.29 is 9.66 Å². The predicted octanol–water partition coefficient (Wildman–Crippen LogP) is 3.83. The molecule has 0 spiro atoms. The molecule has 5 nitrogen and oxygen atoms in total. The molecule has 1 saturated carbocycles. The maximum absolute atomic E-state index is 11.0. The zero-order chi connectivity index (χ0) is 15.8. The summed E-state index contributed by atoms with van der Waals surface area (Å²) in [5, 5.41) is 14.5. The minimum atomic E-state index is -0.329. The maximum atomic E-state index is 11.0. The van der Waals surface area contributed by atoms with Crippen molar-refractivity contribution in [3.05, 3.63) is 33.4 Å². The lowest BCUT2D eigenvalue weighted by Gasteiger charge is -2.52. The van der Waals surface area contributed by atoms with E-state index < -0.39 is 0 Å². The Labute approximate surface area is 125 Å². The molecule has 0 aliphatic heterocycles. The van der Waals surface area contributed by atoms with Gasteiger partial charge < -0.3 is 10.1 Å². The first-order chi connectivity index (χ1) is 9.77. The minimum absolute atomic E-state index is 0.0676. The first-order valence-corrected chi connectivity index (χ1v) is 7.41. The second-order valence-electron chi connectivity index (χ2n) is 6.41. The first-order valence-electron chi connectivity index (χ1n) is 7.41. The molecule has 2 atom stereocenters. The molecule has 1 aromatic rings. The standard InChI is InChI=1S/C16H24N2O3/c1-6-21-15-9-14(16(15,4)5)17-12-7-11(3)13(18(19)20)8-10(12)2/h7-8,14-15,17H,6,9H2,1-5H3. The summed E-state index contributed by atoms with van der Waals surface area (Å²) in [5.74, 6) is 0. The molecule has 1 N–H and O–H groups in total. The van der Waals surface area contributed by atoms with Crippen LogP contribution in [-0.4, -0.2) is 23.7 Å². The van der Waals surface area contributed by atoms with E-state index in [2.05, 4.69) is 19.2 Å². The Morgan fingerprint density at radius 1 is 1.38 bits per heavy atom. The first kappa shape index (κ1) is 15.8. The van der Waals surface area contributed by atoms with E-state index in [0.717, 1.165) is 24.3 Å². The van der Waals surface area contributed by atoms with Crippen LogP contribution in [-0.2, 0) is 4.74 Å². The number of nitrogens with zero attached hydrogens (tertiary/aromatic N) is 1. The third kappa shape index (κ3) is 2.88. The predicted molar refractivity (Wildman–Crippen MR) is 83.8 cm³/mol. The molecule has 2 unspecified atom stereocenters. The molecular formula is C16H24N2O3. The highest BCUT2D eigenvalue weighted by molar-refractivity contribution is 5.60. The second-order valence-corrected chi connectivity index (χ2v) is 6.41. The number of hydrogen-bond donors (Lipinski definition) is 1. The molecule has 0 aromatic heterocycles. The summed E-state index contributed by atoms with van der Waals surface area (Å²) >= 11 is 0. The summed E-state index contributed by atoms with van der Waals surface area (Å²) in [6.45, 7) is 10.8. The van der Waals surface area contributed by atoms with Gasteiger partial charge in [0, 0.05) is 35.4 Å². The van der Waals surface area contributed by atoms with Gasteiger partial charge in [-0.05, 0) is 38.8 Å². The third-order valence-electron chi connectivity index (χ3n) is 4.61. The van der Waals surface area contributed by atoms with Crippen LogP contribution in [0.5, 0.6) is 0 Å². The summed E-state index contributed by atoms with van der Waals surface area (Å²) < 4.78 is 5.74. The molecular weight excluding hydrogens is 268 g/mol. The molecule has 0 saturated heterocycles. The van der Waals surface area contributed by atoms with Gasteiger partial charge in [0.25, 0.3) is 5.69 Å². The maximum Gasteiger partial charge on any atom is 0.272 e. The summed E-state index contributed by atoms with van der Waals surface area (Å²) in [7, 11) is 0. The topological polar surface area (TPSA) is 64.4 Å². The van der Waals surface area contributed by atoms with Crippen LogP contribution in [0, 0.1) is 29.4 Å². The largest absolute Gasteiger partial charge is 0.381 e. The Morgan fingerprint density at radius 3 is 2.57 bits per heavy atom. The van der Waals surface area contributed by atoms with E-state index in [1.54, 1.807) is 13.0 Å². The summed E-state index contributed by atoms with van der Waals surface area (Å²) in [6.07, 6.45) is 1.25. The van der Waals surface area contributed by atoms with Gasteiger partial charge in [0.15, 0.2) is 0 Å². The Bertz CT molecular complexity index is 555. The van der Waals surface area contributed by atoms with Crippen LogP contribution >= 0.6 is 0 Å². The van der Waals surface area contributed by atoms with Crippen LogP contribution in [0.15, 0.2) is 12.1 Å². The quantitative estimate of drug-likeness (QED) is 0.661. The van der Waals surface area contributed by atoms with Crippen LogP contribution in [0.1, 0.15) is 38.3 Å². The van der Waals surface area contributed by atoms with Crippen molar-refractivity contribution in [2.45, 2.75) is 53.2 Å². The van der Waals surface area contributed by atoms with Crippen LogP contribution < -0.4 is 5.32 Å². The Kier molecular flexibility index (Phi) is 4.23. The molecule has 116 valence electrons. The highest BCUT2D eigenvalue weighted by Crippen LogP contribution is 2.44. The van der Waals surface area contributed by atoms with E-state index in [4.69, 9.17) is 4.74 Å². The van der Waals surface area contributed by atoms with Gasteiger partial charge in [-0.3, -0.25) is 10.1 Å². The number of anilines is 1. The average molecular weight is 292 g/mol. The summed E-state index contributed by atoms with van der Waals surface area (Å²) in [5.41, 5.74) is 2.82. The molecule has 2 rings (SSSR count). The van der Waals surface area contributed by atoms with Crippen molar-refractivity contribution in [1.82, 2.24) is 0 Å². The highest BCUT2D eigenvalue weighted by Gasteiger charge is 2.49. The van der Waals surface area contributed by atoms with Gasteiger partial charge in [-0.2, -0.15) is 0 Å². The molecule has 0 heterocycles. The smallest absolute Gasteiger partial charge is 0.272 e. The normalized spacial score (nSPS) is 23.5. The van der Waals surface area contributed by atoms with Crippen molar-refractivity contribution in [2.75, 3.05) is 11.9 Å². The van der Waals surface area contributed by atoms with Gasteiger partial charge in [0.1, 0.15) is 0 Å². The number of aryl methyl sites for hydroxylation is 2. The molecule has 21 heavy (non-hydrogen) atoms. The monoisotopic (exact) mass is 292 g/mol. The molecule has 1 aliphatic rings. The van der Waals surface area contributed by atoms with Crippen molar-refractivity contribution in [1.29, 1.82) is 0 Å². The van der Waals surface area contributed by atoms with Gasteiger partial charge in [-0.25, -0.2) is 0 Å². The fraction of sp³-hybridized carbons (Fsp3) is 0.625. The van der Waals surface area contributed by atoms with Gasteiger partial charge in [0.05, 0.1) is 11.0 Å². The number of nitro groups is 1. The van der Waals surface area contributed by atoms with E-state index in [1.807, 2.05) is 19.9 Å². The summed E-state index contributed by atoms with van der Waals surface area (Å²) in [4.78, 5) is 10.6. The Morgan fingerprint density at radius 2 is 2.05 bits per heavy atom. The number of benzene rings is 1. The van der Waals surface area contributed by atoms with Gasteiger partial charge in [-0.15, -0.1) is 0 Å². The molecule has 5 heteroatoms. The molecule has 0 radical (unpaired) electrons. The molecule has 1 fully saturated rings. The van der Waals surface area contributed by atoms with Crippen LogP contribution in [0.4, 0.5) is 11.4 Å². The zero-order valence-electron chi connectivity index (χ0n) is 13.4. The fourth-order valence-corrected chi connectivity index (χ4v) is 2.96. The van der Waals surface area contributed by atoms with E-state index in [1.165, 1.54) is 0 Å². The van der Waals surface area contributed by atoms with Crippen molar-refractivity contribution >= 4 is 11.4 Å². The van der Waals surface area contributed by atoms with Crippen molar-refractivity contribution in [2.24, 2.45) is 5.41 Å². The van der Waals surface area contributed by atoms with Crippen LogP contribution in [0.3, 0.4) is 0 Å². The van der Waals surface area contributed by atoms with E-state index >= 15 is 0 Å². The number of hydrogen-bond acceptors (Lipinski definition) is 4. The Balaban J connectivity index is 2.15. The molecule has 1 aliphatic carbocycles. The minimum Gasteiger partial charge on any atom is -0.381 e. The number of nitro benzene ring substituents is 1. The fourth-order valence-electron chi connectivity index (χ4n) is 2.96. The molecule has 1 aromatic carbocycles. The molecule has 0 amide bonds. The lowest BCUT2D eigenvalue weighted by atomic mass is 9.64. The molecule has 0 bridgehead atoms. The van der Waals surface area contributed by atoms with Gasteiger partial charge in [0.2, 0.25) is 0 Å². The SMILES string of the molecule is CCOC1CC(Nc2cc(C)c([N+](=O)[O-])cc2C)C1(C)C. The van der Waals surface area contributed by atoms with Crippen LogP contribution in [0.2, 0.25) is 0 Å². The van der Waals surface area contributed by atoms with Crippen molar-refractivity contribution in [3.8, 4) is 0 Å². The zero-order valence-corrected chi connectivity index (χ0v) is 13.4. The highest BCUT2D eigenvalue weighted by atomic mass is 16.6. The van der Waals surface area contributed by atoms with E-state index in [9.17, 15) is 10.1 Å². The Hall–Kier alpha value is -1.62. The lowest BCUT2D eigenvalue weighted by Crippen LogP contribution is -2.58. The lowest BCUT2D eigenvalue weighted by molar-refractivity contribution is -0.385. The second kappa shape index (κ2) is 5.64. The van der Waals surface area contributed by atoms with E-state index in [0.29, 0.717) is 11.6 Å². The summed E-state index contributed by atoms with van der Waals surface area (Å²) in [6, 6.07) is 3.84.